The predicted molar refractivity (Wildman–Crippen MR) is 104 cm³/mol. The van der Waals surface area contributed by atoms with E-state index in [1.165, 1.54) is 4.90 Å². The summed E-state index contributed by atoms with van der Waals surface area (Å²) in [4.78, 5) is 37.7. The highest BCUT2D eigenvalue weighted by Crippen LogP contribution is 2.28. The van der Waals surface area contributed by atoms with E-state index in [-0.39, 0.29) is 18.9 Å². The molecule has 0 saturated carbocycles. The fourth-order valence-electron chi connectivity index (χ4n) is 2.99. The number of nitrogens with one attached hydrogen (secondary N) is 1. The van der Waals surface area contributed by atoms with Crippen LogP contribution in [0, 0.1) is 0 Å². The standard InChI is InChI=1S/C21H22N2O5/c1-2-27-18-10-6-3-7-15(18)11-12-21(26)28-14-20(25)23-13-19(24)22-16-8-4-5-9-17(16)23/h3-10H,2,11-14H2,1H3,(H,22,24). The Hall–Kier alpha value is -3.35. The highest BCUT2D eigenvalue weighted by atomic mass is 16.5. The van der Waals surface area contributed by atoms with Crippen molar-refractivity contribution in [2.75, 3.05) is 30.0 Å². The van der Waals surface area contributed by atoms with Crippen LogP contribution in [0.2, 0.25) is 0 Å². The van der Waals surface area contributed by atoms with E-state index < -0.39 is 18.5 Å². The molecule has 2 aromatic carbocycles. The SMILES string of the molecule is CCOc1ccccc1CCC(=O)OCC(=O)N1CC(=O)Nc2ccccc21. The maximum absolute atomic E-state index is 12.5. The molecule has 146 valence electrons. The number of hydrogen-bond acceptors (Lipinski definition) is 5. The molecular formula is C21H22N2O5. The van der Waals surface area contributed by atoms with Crippen molar-refractivity contribution in [3.8, 4) is 5.75 Å². The van der Waals surface area contributed by atoms with Crippen LogP contribution >= 0.6 is 0 Å². The molecule has 1 N–H and O–H groups in total. The fraction of sp³-hybridized carbons (Fsp3) is 0.286. The van der Waals surface area contributed by atoms with E-state index in [0.29, 0.717) is 24.4 Å². The van der Waals surface area contributed by atoms with Gasteiger partial charge in [-0.25, -0.2) is 0 Å². The lowest BCUT2D eigenvalue weighted by molar-refractivity contribution is -0.147. The van der Waals surface area contributed by atoms with Gasteiger partial charge in [0.2, 0.25) is 5.91 Å². The number of anilines is 2. The number of esters is 1. The molecule has 0 bridgehead atoms. The van der Waals surface area contributed by atoms with Crippen LogP contribution in [-0.4, -0.2) is 37.5 Å². The van der Waals surface area contributed by atoms with Crippen molar-refractivity contribution in [3.63, 3.8) is 0 Å². The van der Waals surface area contributed by atoms with Crippen molar-refractivity contribution in [1.82, 2.24) is 0 Å². The molecule has 0 radical (unpaired) electrons. The molecule has 7 nitrogen and oxygen atoms in total. The van der Waals surface area contributed by atoms with Gasteiger partial charge in [-0.1, -0.05) is 30.3 Å². The first-order valence-corrected chi connectivity index (χ1v) is 9.14. The fourth-order valence-corrected chi connectivity index (χ4v) is 2.99. The number of benzene rings is 2. The molecular weight excluding hydrogens is 360 g/mol. The molecule has 0 fully saturated rings. The number of rotatable bonds is 7. The number of para-hydroxylation sites is 3. The molecule has 0 aromatic heterocycles. The van der Waals surface area contributed by atoms with E-state index in [9.17, 15) is 14.4 Å². The topological polar surface area (TPSA) is 84.9 Å². The van der Waals surface area contributed by atoms with Gasteiger partial charge in [-0.3, -0.25) is 19.3 Å². The van der Waals surface area contributed by atoms with E-state index >= 15 is 0 Å². The van der Waals surface area contributed by atoms with Gasteiger partial charge in [-0.15, -0.1) is 0 Å². The highest BCUT2D eigenvalue weighted by molar-refractivity contribution is 6.10. The number of carbonyl (C=O) groups excluding carboxylic acids is 3. The summed E-state index contributed by atoms with van der Waals surface area (Å²) in [5, 5.41) is 2.71. The minimum Gasteiger partial charge on any atom is -0.494 e. The van der Waals surface area contributed by atoms with E-state index in [1.54, 1.807) is 24.3 Å². The molecule has 0 atom stereocenters. The van der Waals surface area contributed by atoms with Gasteiger partial charge in [0.05, 0.1) is 18.0 Å². The molecule has 3 rings (SSSR count). The quantitative estimate of drug-likeness (QED) is 0.744. The minimum atomic E-state index is -0.477. The third-order valence-electron chi connectivity index (χ3n) is 4.30. The van der Waals surface area contributed by atoms with Crippen LogP contribution < -0.4 is 15.0 Å². The summed E-state index contributed by atoms with van der Waals surface area (Å²) < 4.78 is 10.7. The first kappa shape index (κ1) is 19.4. The Balaban J connectivity index is 1.54. The monoisotopic (exact) mass is 382 g/mol. The van der Waals surface area contributed by atoms with E-state index in [0.717, 1.165) is 11.3 Å². The zero-order valence-electron chi connectivity index (χ0n) is 15.6. The van der Waals surface area contributed by atoms with Crippen molar-refractivity contribution in [3.05, 3.63) is 54.1 Å². The summed E-state index contributed by atoms with van der Waals surface area (Å²) in [5.74, 6) is -0.463. The maximum Gasteiger partial charge on any atom is 0.306 e. The summed E-state index contributed by atoms with van der Waals surface area (Å²) in [7, 11) is 0. The van der Waals surface area contributed by atoms with E-state index in [2.05, 4.69) is 5.32 Å². The lowest BCUT2D eigenvalue weighted by Gasteiger charge is -2.28. The Morgan fingerprint density at radius 3 is 2.68 bits per heavy atom. The smallest absolute Gasteiger partial charge is 0.306 e. The number of carbonyl (C=O) groups is 3. The second kappa shape index (κ2) is 9.03. The molecule has 0 unspecified atom stereocenters. The van der Waals surface area contributed by atoms with Crippen molar-refractivity contribution >= 4 is 29.2 Å². The van der Waals surface area contributed by atoms with Crippen molar-refractivity contribution in [1.29, 1.82) is 0 Å². The Morgan fingerprint density at radius 2 is 1.86 bits per heavy atom. The van der Waals surface area contributed by atoms with Gasteiger partial charge < -0.3 is 14.8 Å². The van der Waals surface area contributed by atoms with Gasteiger partial charge in [-0.2, -0.15) is 0 Å². The number of aryl methyl sites for hydroxylation is 1. The Labute approximate surface area is 163 Å². The Morgan fingerprint density at radius 1 is 1.11 bits per heavy atom. The van der Waals surface area contributed by atoms with Gasteiger partial charge >= 0.3 is 5.97 Å². The van der Waals surface area contributed by atoms with Crippen LogP contribution in [-0.2, 0) is 25.5 Å². The number of nitrogens with zero attached hydrogens (tertiary/aromatic N) is 1. The second-order valence-corrected chi connectivity index (χ2v) is 6.25. The van der Waals surface area contributed by atoms with E-state index in [4.69, 9.17) is 9.47 Å². The Kier molecular flexibility index (Phi) is 6.26. The molecule has 0 aliphatic carbocycles. The molecule has 2 amide bonds. The minimum absolute atomic E-state index is 0.102. The van der Waals surface area contributed by atoms with Crippen LogP contribution in [0.25, 0.3) is 0 Å². The largest absolute Gasteiger partial charge is 0.494 e. The lowest BCUT2D eigenvalue weighted by Crippen LogP contribution is -2.44. The van der Waals surface area contributed by atoms with Crippen LogP contribution in [0.4, 0.5) is 11.4 Å². The molecule has 1 heterocycles. The molecule has 28 heavy (non-hydrogen) atoms. The number of ether oxygens (including phenoxy) is 2. The van der Waals surface area contributed by atoms with Gasteiger partial charge in [0.25, 0.3) is 5.91 Å². The molecule has 0 spiro atoms. The number of fused-ring (bicyclic) bond motifs is 1. The van der Waals surface area contributed by atoms with Gasteiger partial charge in [0.15, 0.2) is 6.61 Å². The van der Waals surface area contributed by atoms with Crippen LogP contribution in [0.5, 0.6) is 5.75 Å². The zero-order chi connectivity index (χ0) is 19.9. The number of amides is 2. The zero-order valence-corrected chi connectivity index (χ0v) is 15.6. The first-order valence-electron chi connectivity index (χ1n) is 9.14. The molecule has 7 heteroatoms. The van der Waals surface area contributed by atoms with E-state index in [1.807, 2.05) is 31.2 Å². The molecule has 0 saturated heterocycles. The third-order valence-corrected chi connectivity index (χ3v) is 4.30. The van der Waals surface area contributed by atoms with Gasteiger partial charge in [0, 0.05) is 6.42 Å². The predicted octanol–water partition coefficient (Wildman–Crippen LogP) is 2.55. The maximum atomic E-state index is 12.5. The first-order chi connectivity index (χ1) is 13.6. The van der Waals surface area contributed by atoms with Crippen molar-refractivity contribution in [2.45, 2.75) is 19.8 Å². The van der Waals surface area contributed by atoms with Crippen LogP contribution in [0.1, 0.15) is 18.9 Å². The Bertz CT molecular complexity index is 881. The summed E-state index contributed by atoms with van der Waals surface area (Å²) in [6.45, 7) is 1.93. The van der Waals surface area contributed by atoms with Crippen LogP contribution in [0.15, 0.2) is 48.5 Å². The number of hydrogen-bond donors (Lipinski definition) is 1. The summed E-state index contributed by atoms with van der Waals surface area (Å²) in [6, 6.07) is 14.5. The summed E-state index contributed by atoms with van der Waals surface area (Å²) in [5.41, 5.74) is 2.06. The molecule has 1 aliphatic heterocycles. The van der Waals surface area contributed by atoms with Gasteiger partial charge in [0.1, 0.15) is 12.3 Å². The van der Waals surface area contributed by atoms with Crippen molar-refractivity contribution < 1.29 is 23.9 Å². The van der Waals surface area contributed by atoms with Crippen LogP contribution in [0.3, 0.4) is 0 Å². The second-order valence-electron chi connectivity index (χ2n) is 6.25. The van der Waals surface area contributed by atoms with Gasteiger partial charge in [-0.05, 0) is 37.1 Å². The molecule has 1 aliphatic rings. The average molecular weight is 382 g/mol. The lowest BCUT2D eigenvalue weighted by atomic mass is 10.1. The normalized spacial score (nSPS) is 12.8. The van der Waals surface area contributed by atoms with Crippen molar-refractivity contribution in [2.24, 2.45) is 0 Å². The average Bonchev–Trinajstić information content (AvgIpc) is 2.71. The summed E-state index contributed by atoms with van der Waals surface area (Å²) >= 11 is 0. The summed E-state index contributed by atoms with van der Waals surface area (Å²) in [6.07, 6.45) is 0.590. The highest BCUT2D eigenvalue weighted by Gasteiger charge is 2.27. The third kappa shape index (κ3) is 4.68. The molecule has 2 aromatic rings.